The summed E-state index contributed by atoms with van der Waals surface area (Å²) >= 11 is 0. The largest absolute Gasteiger partial charge is 0.449 e. The number of nitrogens with one attached hydrogen (secondary N) is 1. The molecule has 8 nitrogen and oxygen atoms in total. The van der Waals surface area contributed by atoms with Gasteiger partial charge in [0.05, 0.1) is 19.4 Å². The van der Waals surface area contributed by atoms with Crippen molar-refractivity contribution in [2.45, 2.75) is 39.3 Å². The minimum atomic E-state index is -1.04. The molecule has 0 aromatic carbocycles. The summed E-state index contributed by atoms with van der Waals surface area (Å²) in [5.41, 5.74) is -0.861. The summed E-state index contributed by atoms with van der Waals surface area (Å²) in [4.78, 5) is 26.8. The van der Waals surface area contributed by atoms with E-state index in [-0.39, 0.29) is 13.2 Å². The lowest BCUT2D eigenvalue weighted by molar-refractivity contribution is -0.0317. The molecule has 1 heterocycles. The Bertz CT molecular complexity index is 564. The molecule has 1 aromatic rings. The van der Waals surface area contributed by atoms with Crippen molar-refractivity contribution in [1.82, 2.24) is 9.55 Å². The molecule has 0 saturated carbocycles. The molecule has 1 amide bonds. The van der Waals surface area contributed by atoms with Crippen molar-refractivity contribution in [2.24, 2.45) is 0 Å². The van der Waals surface area contributed by atoms with E-state index in [2.05, 4.69) is 10.3 Å². The molecule has 130 valence electrons. The number of unbranched alkanes of at least 4 members (excludes halogenated alkanes) is 2. The average molecular weight is 331 g/mol. The number of amides is 1. The van der Waals surface area contributed by atoms with E-state index < -0.39 is 36.3 Å². The summed E-state index contributed by atoms with van der Waals surface area (Å²) in [5, 5.41) is 11.2. The van der Waals surface area contributed by atoms with Crippen molar-refractivity contribution < 1.29 is 23.8 Å². The third-order valence-electron chi connectivity index (χ3n) is 2.93. The van der Waals surface area contributed by atoms with Gasteiger partial charge in [-0.2, -0.15) is 4.98 Å². The number of aliphatic hydroxyl groups is 1. The van der Waals surface area contributed by atoms with Crippen molar-refractivity contribution in [1.29, 1.82) is 0 Å². The Morgan fingerprint density at radius 2 is 2.22 bits per heavy atom. The number of aromatic nitrogens is 2. The van der Waals surface area contributed by atoms with Crippen LogP contribution < -0.4 is 11.0 Å². The van der Waals surface area contributed by atoms with E-state index in [0.29, 0.717) is 6.42 Å². The zero-order valence-electron chi connectivity index (χ0n) is 13.2. The van der Waals surface area contributed by atoms with Gasteiger partial charge in [-0.1, -0.05) is 19.8 Å². The molecule has 23 heavy (non-hydrogen) atoms. The van der Waals surface area contributed by atoms with E-state index in [9.17, 15) is 14.0 Å². The summed E-state index contributed by atoms with van der Waals surface area (Å²) in [6, 6.07) is 0. The Labute approximate surface area is 133 Å². The van der Waals surface area contributed by atoms with E-state index in [0.717, 1.165) is 23.6 Å². The maximum Gasteiger partial charge on any atom is 0.412 e. The summed E-state index contributed by atoms with van der Waals surface area (Å²) < 4.78 is 24.7. The van der Waals surface area contributed by atoms with Gasteiger partial charge in [-0.05, 0) is 13.3 Å². The number of hydrogen-bond acceptors (Lipinski definition) is 6. The second-order valence-electron chi connectivity index (χ2n) is 4.69. The molecule has 0 spiro atoms. The number of halogens is 1. The summed E-state index contributed by atoms with van der Waals surface area (Å²) in [7, 11) is 0. The normalized spacial score (nSPS) is 12.0. The van der Waals surface area contributed by atoms with Crippen molar-refractivity contribution in [3.8, 4) is 0 Å². The van der Waals surface area contributed by atoms with Gasteiger partial charge < -0.3 is 14.6 Å². The number of ether oxygens (including phenoxy) is 2. The van der Waals surface area contributed by atoms with E-state index in [4.69, 9.17) is 14.6 Å². The highest BCUT2D eigenvalue weighted by Crippen LogP contribution is 2.11. The van der Waals surface area contributed by atoms with Gasteiger partial charge in [0.25, 0.3) is 0 Å². The Hall–Kier alpha value is -2.00. The first kappa shape index (κ1) is 19.0. The van der Waals surface area contributed by atoms with Crippen LogP contribution >= 0.6 is 0 Å². The molecule has 9 heteroatoms. The highest BCUT2D eigenvalue weighted by molar-refractivity contribution is 5.83. The van der Waals surface area contributed by atoms with Gasteiger partial charge in [0.1, 0.15) is 0 Å². The topological polar surface area (TPSA) is 103 Å². The van der Waals surface area contributed by atoms with Gasteiger partial charge in [0.2, 0.25) is 0 Å². The highest BCUT2D eigenvalue weighted by Gasteiger charge is 2.17. The lowest BCUT2D eigenvalue weighted by Gasteiger charge is -2.17. The van der Waals surface area contributed by atoms with Crippen LogP contribution in [0.2, 0.25) is 0 Å². The fraction of sp³-hybridized carbons (Fsp3) is 0.643. The lowest BCUT2D eigenvalue weighted by atomic mass is 10.3. The molecule has 1 aromatic heterocycles. The molecule has 0 aliphatic rings. The summed E-state index contributed by atoms with van der Waals surface area (Å²) in [6.45, 7) is 3.60. The minimum absolute atomic E-state index is 0.204. The lowest BCUT2D eigenvalue weighted by Crippen LogP contribution is -2.32. The third-order valence-corrected chi connectivity index (χ3v) is 2.93. The van der Waals surface area contributed by atoms with E-state index in [1.54, 1.807) is 6.92 Å². The number of rotatable bonds is 9. The molecular formula is C14H22FN3O5. The quantitative estimate of drug-likeness (QED) is 0.667. The van der Waals surface area contributed by atoms with Crippen LogP contribution in [0.25, 0.3) is 0 Å². The van der Waals surface area contributed by atoms with Gasteiger partial charge >= 0.3 is 11.8 Å². The van der Waals surface area contributed by atoms with Crippen LogP contribution in [0.3, 0.4) is 0 Å². The predicted molar refractivity (Wildman–Crippen MR) is 80.7 cm³/mol. The predicted octanol–water partition coefficient (Wildman–Crippen LogP) is 1.65. The maximum atomic E-state index is 13.9. The third kappa shape index (κ3) is 5.95. The number of nitrogens with zero attached hydrogens (tertiary/aromatic N) is 2. The molecule has 0 saturated heterocycles. The van der Waals surface area contributed by atoms with Crippen LogP contribution in [0.1, 0.15) is 39.3 Å². The first-order chi connectivity index (χ1) is 11.0. The van der Waals surface area contributed by atoms with Gasteiger partial charge in [-0.3, -0.25) is 9.88 Å². The molecule has 0 aliphatic carbocycles. The van der Waals surface area contributed by atoms with Crippen LogP contribution in [0, 0.1) is 5.82 Å². The number of hydrogen-bond donors (Lipinski definition) is 2. The minimum Gasteiger partial charge on any atom is -0.449 e. The number of aliphatic hydroxyl groups excluding tert-OH is 1. The number of carbonyl (C=O) groups is 1. The molecular weight excluding hydrogens is 309 g/mol. The monoisotopic (exact) mass is 331 g/mol. The summed E-state index contributed by atoms with van der Waals surface area (Å²) in [6.07, 6.45) is 1.49. The Balaban J connectivity index is 2.76. The first-order valence-electron chi connectivity index (χ1n) is 7.48. The Morgan fingerprint density at radius 1 is 1.48 bits per heavy atom. The zero-order chi connectivity index (χ0) is 17.2. The molecule has 0 aliphatic heterocycles. The Kier molecular flexibility index (Phi) is 8.20. The van der Waals surface area contributed by atoms with Gasteiger partial charge in [0, 0.05) is 6.61 Å². The van der Waals surface area contributed by atoms with Crippen molar-refractivity contribution in [2.75, 3.05) is 25.1 Å². The molecule has 2 N–H and O–H groups in total. The summed E-state index contributed by atoms with van der Waals surface area (Å²) in [5.74, 6) is -1.46. The van der Waals surface area contributed by atoms with Crippen molar-refractivity contribution in [3.63, 3.8) is 0 Å². The van der Waals surface area contributed by atoms with Crippen LogP contribution in [0.4, 0.5) is 15.0 Å². The highest BCUT2D eigenvalue weighted by atomic mass is 19.1. The van der Waals surface area contributed by atoms with E-state index >= 15 is 0 Å². The average Bonchev–Trinajstić information content (AvgIpc) is 2.52. The number of carbonyl (C=O) groups excluding carboxylic acids is 1. The van der Waals surface area contributed by atoms with Gasteiger partial charge in [-0.15, -0.1) is 0 Å². The number of anilines is 1. The molecule has 0 radical (unpaired) electrons. The zero-order valence-corrected chi connectivity index (χ0v) is 13.2. The first-order valence-corrected chi connectivity index (χ1v) is 7.48. The standard InChI is InChI=1S/C14H22FN3O5/c1-3-5-6-7-23-14(21)17-12-10(15)8-18(13(20)16-12)11(9-19)22-4-2/h8,11,19H,3-7,9H2,1-2H3,(H,16,17,20,21)/t11-/m1/s1. The van der Waals surface area contributed by atoms with Gasteiger partial charge in [0.15, 0.2) is 17.9 Å². The van der Waals surface area contributed by atoms with Crippen LogP contribution in [-0.4, -0.2) is 40.6 Å². The second-order valence-corrected chi connectivity index (χ2v) is 4.69. The van der Waals surface area contributed by atoms with Crippen LogP contribution in [0.5, 0.6) is 0 Å². The SMILES string of the molecule is CCCCCOC(=O)Nc1nc(=O)n([C@@H](CO)OCC)cc1F. The molecule has 1 atom stereocenters. The molecule has 0 bridgehead atoms. The molecule has 0 fully saturated rings. The van der Waals surface area contributed by atoms with E-state index in [1.807, 2.05) is 6.92 Å². The van der Waals surface area contributed by atoms with Crippen molar-refractivity contribution in [3.05, 3.63) is 22.5 Å². The molecule has 0 unspecified atom stereocenters. The van der Waals surface area contributed by atoms with Crippen molar-refractivity contribution >= 4 is 11.9 Å². The Morgan fingerprint density at radius 3 is 2.83 bits per heavy atom. The van der Waals surface area contributed by atoms with Crippen LogP contribution in [0.15, 0.2) is 11.0 Å². The fourth-order valence-corrected chi connectivity index (χ4v) is 1.80. The fourth-order valence-electron chi connectivity index (χ4n) is 1.80. The molecule has 1 rings (SSSR count). The second kappa shape index (κ2) is 9.90. The van der Waals surface area contributed by atoms with Gasteiger partial charge in [-0.25, -0.2) is 14.0 Å². The maximum absolute atomic E-state index is 13.9. The smallest absolute Gasteiger partial charge is 0.412 e. The van der Waals surface area contributed by atoms with E-state index in [1.165, 1.54) is 0 Å². The van der Waals surface area contributed by atoms with Crippen LogP contribution in [-0.2, 0) is 9.47 Å².